The smallest absolute Gasteiger partial charge is 0.242 e. The molecule has 0 unspecified atom stereocenters. The molecule has 0 saturated heterocycles. The average molecular weight is 221 g/mol. The lowest BCUT2D eigenvalue weighted by atomic mass is 10.0. The molecule has 0 aliphatic rings. The summed E-state index contributed by atoms with van der Waals surface area (Å²) < 4.78 is 0. The van der Waals surface area contributed by atoms with E-state index < -0.39 is 6.04 Å². The van der Waals surface area contributed by atoms with Crippen molar-refractivity contribution in [3.63, 3.8) is 0 Å². The number of hydrogen-bond acceptors (Lipinski definition) is 3. The van der Waals surface area contributed by atoms with E-state index in [2.05, 4.69) is 10.3 Å². The van der Waals surface area contributed by atoms with Crippen LogP contribution < -0.4 is 11.1 Å². The molecule has 0 bridgehead atoms. The number of nitrogens with one attached hydrogen (secondary N) is 1. The number of rotatable bonds is 4. The summed E-state index contributed by atoms with van der Waals surface area (Å²) in [5, 5.41) is 2.70. The molecule has 1 atom stereocenters. The summed E-state index contributed by atoms with van der Waals surface area (Å²) >= 11 is 0. The molecule has 1 amide bonds. The van der Waals surface area contributed by atoms with Gasteiger partial charge in [0.1, 0.15) is 5.82 Å². The second kappa shape index (κ2) is 5.61. The minimum absolute atomic E-state index is 0.176. The molecule has 4 nitrogen and oxygen atoms in total. The topological polar surface area (TPSA) is 68.0 Å². The van der Waals surface area contributed by atoms with Gasteiger partial charge in [0.15, 0.2) is 0 Å². The van der Waals surface area contributed by atoms with Crippen molar-refractivity contribution >= 4 is 11.7 Å². The number of nitrogens with two attached hydrogens (primary N) is 1. The number of carbonyl (C=O) groups is 1. The van der Waals surface area contributed by atoms with Crippen LogP contribution in [0.25, 0.3) is 0 Å². The molecule has 0 aliphatic heterocycles. The molecule has 1 aromatic heterocycles. The zero-order chi connectivity index (χ0) is 12.1. The highest BCUT2D eigenvalue weighted by molar-refractivity contribution is 5.93. The molecule has 4 heteroatoms. The summed E-state index contributed by atoms with van der Waals surface area (Å²) in [6.45, 7) is 6.03. The van der Waals surface area contributed by atoms with Crippen molar-refractivity contribution in [2.75, 3.05) is 5.32 Å². The number of nitrogens with zero attached hydrogens (tertiary/aromatic N) is 1. The molecule has 0 saturated carbocycles. The predicted molar refractivity (Wildman–Crippen MR) is 65.0 cm³/mol. The van der Waals surface area contributed by atoms with Gasteiger partial charge in [0.2, 0.25) is 5.91 Å². The number of amides is 1. The number of pyridine rings is 1. The lowest BCUT2D eigenvalue weighted by Crippen LogP contribution is -2.36. The van der Waals surface area contributed by atoms with Crippen molar-refractivity contribution in [3.05, 3.63) is 23.9 Å². The van der Waals surface area contributed by atoms with Crippen LogP contribution in [0.5, 0.6) is 0 Å². The number of carbonyl (C=O) groups excluding carboxylic acids is 1. The minimum atomic E-state index is -0.469. The first-order chi connectivity index (χ1) is 7.49. The quantitative estimate of drug-likeness (QED) is 0.813. The summed E-state index contributed by atoms with van der Waals surface area (Å²) in [6.07, 6.45) is 2.39. The van der Waals surface area contributed by atoms with E-state index >= 15 is 0 Å². The van der Waals surface area contributed by atoms with Gasteiger partial charge in [-0.2, -0.15) is 0 Å². The molecular formula is C12H19N3O. The Morgan fingerprint density at radius 1 is 1.50 bits per heavy atom. The van der Waals surface area contributed by atoms with Gasteiger partial charge in [-0.05, 0) is 30.9 Å². The standard InChI is InChI=1S/C12H19N3O/c1-8(2)6-10(13)12(16)15-11-5-4-9(3)7-14-11/h4-5,7-8,10H,6,13H2,1-3H3,(H,14,15,16)/t10-/m0/s1. The predicted octanol–water partition coefficient (Wildman–Crippen LogP) is 1.70. The molecule has 0 aromatic carbocycles. The molecule has 0 radical (unpaired) electrons. The first kappa shape index (κ1) is 12.6. The fourth-order valence-corrected chi connectivity index (χ4v) is 1.38. The minimum Gasteiger partial charge on any atom is -0.320 e. The van der Waals surface area contributed by atoms with Crippen LogP contribution in [0, 0.1) is 12.8 Å². The van der Waals surface area contributed by atoms with E-state index in [9.17, 15) is 4.79 Å². The number of hydrogen-bond donors (Lipinski definition) is 2. The summed E-state index contributed by atoms with van der Waals surface area (Å²) in [5.74, 6) is 0.784. The molecule has 1 rings (SSSR count). The third-order valence-corrected chi connectivity index (χ3v) is 2.22. The molecule has 16 heavy (non-hydrogen) atoms. The Kier molecular flexibility index (Phi) is 4.43. The van der Waals surface area contributed by atoms with Crippen LogP contribution in [-0.2, 0) is 4.79 Å². The van der Waals surface area contributed by atoms with E-state index in [-0.39, 0.29) is 5.91 Å². The van der Waals surface area contributed by atoms with Crippen LogP contribution in [-0.4, -0.2) is 16.9 Å². The zero-order valence-corrected chi connectivity index (χ0v) is 10.0. The Balaban J connectivity index is 2.54. The van der Waals surface area contributed by atoms with Crippen LogP contribution in [0.2, 0.25) is 0 Å². The van der Waals surface area contributed by atoms with Gasteiger partial charge < -0.3 is 11.1 Å². The zero-order valence-electron chi connectivity index (χ0n) is 10.0. The molecule has 1 aromatic rings. The maximum atomic E-state index is 11.7. The maximum absolute atomic E-state index is 11.7. The van der Waals surface area contributed by atoms with Gasteiger partial charge in [0.25, 0.3) is 0 Å². The van der Waals surface area contributed by atoms with Crippen LogP contribution in [0.3, 0.4) is 0 Å². The van der Waals surface area contributed by atoms with Crippen LogP contribution in [0.4, 0.5) is 5.82 Å². The van der Waals surface area contributed by atoms with Gasteiger partial charge in [-0.15, -0.1) is 0 Å². The summed E-state index contributed by atoms with van der Waals surface area (Å²) in [5.41, 5.74) is 6.82. The molecule has 1 heterocycles. The molecule has 0 fully saturated rings. The highest BCUT2D eigenvalue weighted by Gasteiger charge is 2.15. The molecule has 0 aliphatic carbocycles. The van der Waals surface area contributed by atoms with E-state index in [0.29, 0.717) is 18.2 Å². The average Bonchev–Trinajstić information content (AvgIpc) is 2.20. The van der Waals surface area contributed by atoms with Crippen molar-refractivity contribution in [3.8, 4) is 0 Å². The number of anilines is 1. The first-order valence-corrected chi connectivity index (χ1v) is 5.48. The van der Waals surface area contributed by atoms with Gasteiger partial charge in [-0.3, -0.25) is 4.79 Å². The van der Waals surface area contributed by atoms with Gasteiger partial charge in [-0.25, -0.2) is 4.98 Å². The van der Waals surface area contributed by atoms with Crippen molar-refractivity contribution in [2.45, 2.75) is 33.2 Å². The lowest BCUT2D eigenvalue weighted by Gasteiger charge is -2.13. The monoisotopic (exact) mass is 221 g/mol. The van der Waals surface area contributed by atoms with Crippen molar-refractivity contribution < 1.29 is 4.79 Å². The highest BCUT2D eigenvalue weighted by atomic mass is 16.2. The summed E-state index contributed by atoms with van der Waals surface area (Å²) in [7, 11) is 0. The van der Waals surface area contributed by atoms with Crippen molar-refractivity contribution in [1.82, 2.24) is 4.98 Å². The third-order valence-electron chi connectivity index (χ3n) is 2.22. The largest absolute Gasteiger partial charge is 0.320 e. The summed E-state index contributed by atoms with van der Waals surface area (Å²) in [4.78, 5) is 15.7. The second-order valence-electron chi connectivity index (χ2n) is 4.45. The van der Waals surface area contributed by atoms with Gasteiger partial charge in [0, 0.05) is 6.20 Å². The lowest BCUT2D eigenvalue weighted by molar-refractivity contribution is -0.117. The van der Waals surface area contributed by atoms with E-state index in [0.717, 1.165) is 5.56 Å². The Morgan fingerprint density at radius 3 is 2.69 bits per heavy atom. The summed E-state index contributed by atoms with van der Waals surface area (Å²) in [6, 6.07) is 3.20. The SMILES string of the molecule is Cc1ccc(NC(=O)[C@@H](N)CC(C)C)nc1. The van der Waals surface area contributed by atoms with Crippen LogP contribution in [0.1, 0.15) is 25.8 Å². The maximum Gasteiger partial charge on any atom is 0.242 e. The second-order valence-corrected chi connectivity index (χ2v) is 4.45. The van der Waals surface area contributed by atoms with Gasteiger partial charge in [0.05, 0.1) is 6.04 Å². The number of aryl methyl sites for hydroxylation is 1. The van der Waals surface area contributed by atoms with E-state index in [1.165, 1.54) is 0 Å². The van der Waals surface area contributed by atoms with Crippen molar-refractivity contribution in [2.24, 2.45) is 11.7 Å². The fraction of sp³-hybridized carbons (Fsp3) is 0.500. The van der Waals surface area contributed by atoms with Gasteiger partial charge in [-0.1, -0.05) is 19.9 Å². The van der Waals surface area contributed by atoms with E-state index in [4.69, 9.17) is 5.73 Å². The van der Waals surface area contributed by atoms with Crippen LogP contribution >= 0.6 is 0 Å². The molecule has 88 valence electrons. The van der Waals surface area contributed by atoms with E-state index in [1.54, 1.807) is 12.3 Å². The van der Waals surface area contributed by atoms with Crippen molar-refractivity contribution in [1.29, 1.82) is 0 Å². The third kappa shape index (κ3) is 3.98. The number of aromatic nitrogens is 1. The van der Waals surface area contributed by atoms with Gasteiger partial charge >= 0.3 is 0 Å². The Bertz CT molecular complexity index is 346. The molecular weight excluding hydrogens is 202 g/mol. The molecule has 0 spiro atoms. The van der Waals surface area contributed by atoms with Crippen LogP contribution in [0.15, 0.2) is 18.3 Å². The van der Waals surface area contributed by atoms with E-state index in [1.807, 2.05) is 26.8 Å². The molecule has 3 N–H and O–H groups in total. The Labute approximate surface area is 96.3 Å². The Hall–Kier alpha value is -1.42. The normalized spacial score (nSPS) is 12.6. The fourth-order valence-electron chi connectivity index (χ4n) is 1.38. The highest BCUT2D eigenvalue weighted by Crippen LogP contribution is 2.07. The first-order valence-electron chi connectivity index (χ1n) is 5.48. The Morgan fingerprint density at radius 2 is 2.19 bits per heavy atom.